The van der Waals surface area contributed by atoms with Crippen LogP contribution in [0, 0.1) is 0 Å². The summed E-state index contributed by atoms with van der Waals surface area (Å²) in [7, 11) is 0. The van der Waals surface area contributed by atoms with Crippen molar-refractivity contribution < 1.29 is 22.8 Å². The molecular formula is C25H28F3N3O2S. The van der Waals surface area contributed by atoms with Crippen molar-refractivity contribution in [2.45, 2.75) is 30.5 Å². The number of piperazine rings is 1. The standard InChI is InChI=1S/C25H28F3N3O2S/c26-25(27,28)20-7-5-6-19(16-20)17-29-12-14-31(15-13-29)24(33)21-8-1-2-9-22(21)34-18-23(32)30-10-3-4-11-30/h1-2,5-9,16H,3-4,10-15,17-18H2. The van der Waals surface area contributed by atoms with Gasteiger partial charge in [0.1, 0.15) is 0 Å². The van der Waals surface area contributed by atoms with Gasteiger partial charge in [0.05, 0.1) is 16.9 Å². The molecule has 0 atom stereocenters. The topological polar surface area (TPSA) is 43.9 Å². The fourth-order valence-electron chi connectivity index (χ4n) is 4.35. The summed E-state index contributed by atoms with van der Waals surface area (Å²) in [5.74, 6) is 0.345. The van der Waals surface area contributed by atoms with Gasteiger partial charge in [-0.05, 0) is 36.6 Å². The zero-order valence-corrected chi connectivity index (χ0v) is 19.7. The molecular weight excluding hydrogens is 463 g/mol. The highest BCUT2D eigenvalue weighted by atomic mass is 32.2. The third-order valence-corrected chi connectivity index (χ3v) is 7.31. The molecule has 5 nitrogen and oxygen atoms in total. The Hall–Kier alpha value is -2.52. The lowest BCUT2D eigenvalue weighted by molar-refractivity contribution is -0.137. The van der Waals surface area contributed by atoms with Gasteiger partial charge in [-0.1, -0.05) is 30.3 Å². The van der Waals surface area contributed by atoms with Gasteiger partial charge in [0, 0.05) is 50.7 Å². The Morgan fingerprint density at radius 2 is 1.56 bits per heavy atom. The molecule has 0 bridgehead atoms. The van der Waals surface area contributed by atoms with Crippen molar-refractivity contribution in [3.8, 4) is 0 Å². The van der Waals surface area contributed by atoms with Crippen molar-refractivity contribution in [1.29, 1.82) is 0 Å². The Bertz CT molecular complexity index is 1020. The van der Waals surface area contributed by atoms with Gasteiger partial charge in [0.2, 0.25) is 5.91 Å². The average molecular weight is 492 g/mol. The van der Waals surface area contributed by atoms with Crippen molar-refractivity contribution >= 4 is 23.6 Å². The number of amides is 2. The Balaban J connectivity index is 1.32. The molecule has 2 amide bonds. The van der Waals surface area contributed by atoms with Crippen molar-refractivity contribution in [2.24, 2.45) is 0 Å². The highest BCUT2D eigenvalue weighted by Crippen LogP contribution is 2.30. The predicted molar refractivity (Wildman–Crippen MR) is 126 cm³/mol. The lowest BCUT2D eigenvalue weighted by atomic mass is 10.1. The maximum atomic E-state index is 13.2. The highest BCUT2D eigenvalue weighted by molar-refractivity contribution is 8.00. The summed E-state index contributed by atoms with van der Waals surface area (Å²) in [4.78, 5) is 32.1. The molecule has 34 heavy (non-hydrogen) atoms. The van der Waals surface area contributed by atoms with Crippen LogP contribution in [-0.2, 0) is 17.5 Å². The number of alkyl halides is 3. The van der Waals surface area contributed by atoms with Crippen LogP contribution in [0.5, 0.6) is 0 Å². The Labute approximate surface area is 201 Å². The molecule has 2 aromatic rings. The monoisotopic (exact) mass is 491 g/mol. The molecule has 2 aliphatic heterocycles. The number of nitrogens with zero attached hydrogens (tertiary/aromatic N) is 3. The van der Waals surface area contributed by atoms with Crippen LogP contribution in [0.25, 0.3) is 0 Å². The van der Waals surface area contributed by atoms with Gasteiger partial charge in [-0.25, -0.2) is 0 Å². The molecule has 0 aromatic heterocycles. The van der Waals surface area contributed by atoms with E-state index in [0.29, 0.717) is 49.6 Å². The number of likely N-dealkylation sites (tertiary alicyclic amines) is 1. The first-order chi connectivity index (χ1) is 16.3. The molecule has 2 aromatic carbocycles. The fraction of sp³-hybridized carbons (Fsp3) is 0.440. The van der Waals surface area contributed by atoms with Crippen LogP contribution in [-0.4, -0.2) is 71.5 Å². The number of halogens is 3. The first-order valence-electron chi connectivity index (χ1n) is 11.5. The summed E-state index contributed by atoms with van der Waals surface area (Å²) >= 11 is 1.40. The highest BCUT2D eigenvalue weighted by Gasteiger charge is 2.31. The van der Waals surface area contributed by atoms with E-state index in [1.54, 1.807) is 17.0 Å². The van der Waals surface area contributed by atoms with Crippen LogP contribution in [0.15, 0.2) is 53.4 Å². The van der Waals surface area contributed by atoms with Crippen molar-refractivity contribution in [1.82, 2.24) is 14.7 Å². The molecule has 2 aliphatic rings. The number of hydrogen-bond acceptors (Lipinski definition) is 4. The third kappa shape index (κ3) is 6.13. The third-order valence-electron chi connectivity index (χ3n) is 6.25. The predicted octanol–water partition coefficient (Wildman–Crippen LogP) is 4.38. The van der Waals surface area contributed by atoms with Gasteiger partial charge in [0.25, 0.3) is 5.91 Å². The average Bonchev–Trinajstić information content (AvgIpc) is 3.38. The molecule has 4 rings (SSSR count). The smallest absolute Gasteiger partial charge is 0.342 e. The van der Waals surface area contributed by atoms with Crippen LogP contribution in [0.2, 0.25) is 0 Å². The summed E-state index contributed by atoms with van der Waals surface area (Å²) in [6.07, 6.45) is -2.26. The molecule has 2 fully saturated rings. The van der Waals surface area contributed by atoms with Crippen LogP contribution in [0.4, 0.5) is 13.2 Å². The molecule has 0 N–H and O–H groups in total. The minimum Gasteiger partial charge on any atom is -0.342 e. The van der Waals surface area contributed by atoms with Gasteiger partial charge < -0.3 is 9.80 Å². The second-order valence-electron chi connectivity index (χ2n) is 8.64. The number of carbonyl (C=O) groups is 2. The van der Waals surface area contributed by atoms with Crippen LogP contribution in [0.1, 0.15) is 34.3 Å². The van der Waals surface area contributed by atoms with E-state index in [9.17, 15) is 22.8 Å². The quantitative estimate of drug-likeness (QED) is 0.563. The zero-order chi connectivity index (χ0) is 24.1. The Morgan fingerprint density at radius 1 is 0.853 bits per heavy atom. The molecule has 9 heteroatoms. The van der Waals surface area contributed by atoms with E-state index < -0.39 is 11.7 Å². The summed E-state index contributed by atoms with van der Waals surface area (Å²) < 4.78 is 38.9. The van der Waals surface area contributed by atoms with Gasteiger partial charge in [0.15, 0.2) is 0 Å². The number of hydrogen-bond donors (Lipinski definition) is 0. The van der Waals surface area contributed by atoms with E-state index >= 15 is 0 Å². The molecule has 2 saturated heterocycles. The molecule has 0 unspecified atom stereocenters. The molecule has 0 aliphatic carbocycles. The van der Waals surface area contributed by atoms with Crippen molar-refractivity contribution in [3.63, 3.8) is 0 Å². The maximum Gasteiger partial charge on any atom is 0.416 e. The fourth-order valence-corrected chi connectivity index (χ4v) is 5.30. The molecule has 0 saturated carbocycles. The Kier molecular flexibility index (Phi) is 7.83. The summed E-state index contributed by atoms with van der Waals surface area (Å²) in [6.45, 7) is 4.22. The first kappa shape index (κ1) is 24.6. The number of benzene rings is 2. The van der Waals surface area contributed by atoms with Crippen LogP contribution < -0.4 is 0 Å². The summed E-state index contributed by atoms with van der Waals surface area (Å²) in [5.41, 5.74) is 0.559. The van der Waals surface area contributed by atoms with E-state index in [1.165, 1.54) is 23.9 Å². The van der Waals surface area contributed by atoms with Crippen LogP contribution >= 0.6 is 11.8 Å². The first-order valence-corrected chi connectivity index (χ1v) is 12.5. The number of carbonyl (C=O) groups excluding carboxylic acids is 2. The maximum absolute atomic E-state index is 13.2. The Morgan fingerprint density at radius 3 is 2.26 bits per heavy atom. The van der Waals surface area contributed by atoms with Crippen molar-refractivity contribution in [2.75, 3.05) is 45.0 Å². The van der Waals surface area contributed by atoms with E-state index in [2.05, 4.69) is 4.90 Å². The van der Waals surface area contributed by atoms with E-state index in [-0.39, 0.29) is 11.8 Å². The zero-order valence-electron chi connectivity index (χ0n) is 18.9. The van der Waals surface area contributed by atoms with E-state index in [0.717, 1.165) is 36.9 Å². The lowest BCUT2D eigenvalue weighted by Gasteiger charge is -2.35. The van der Waals surface area contributed by atoms with E-state index in [4.69, 9.17) is 0 Å². The second-order valence-corrected chi connectivity index (χ2v) is 9.66. The van der Waals surface area contributed by atoms with Crippen LogP contribution in [0.3, 0.4) is 0 Å². The summed E-state index contributed by atoms with van der Waals surface area (Å²) in [6, 6.07) is 12.8. The minimum atomic E-state index is -4.36. The molecule has 0 spiro atoms. The normalized spacial score (nSPS) is 17.3. The molecule has 182 valence electrons. The van der Waals surface area contributed by atoms with E-state index in [1.807, 2.05) is 23.1 Å². The van der Waals surface area contributed by atoms with Gasteiger partial charge in [-0.15, -0.1) is 11.8 Å². The largest absolute Gasteiger partial charge is 0.416 e. The van der Waals surface area contributed by atoms with Gasteiger partial charge in [-0.2, -0.15) is 13.2 Å². The van der Waals surface area contributed by atoms with Gasteiger partial charge in [-0.3, -0.25) is 14.5 Å². The second kappa shape index (κ2) is 10.8. The minimum absolute atomic E-state index is 0.0737. The molecule has 0 radical (unpaired) electrons. The lowest BCUT2D eigenvalue weighted by Crippen LogP contribution is -2.48. The number of thioether (sulfide) groups is 1. The van der Waals surface area contributed by atoms with Gasteiger partial charge >= 0.3 is 6.18 Å². The summed E-state index contributed by atoms with van der Waals surface area (Å²) in [5, 5.41) is 0. The SMILES string of the molecule is O=C(CSc1ccccc1C(=O)N1CCN(Cc2cccc(C(F)(F)F)c2)CC1)N1CCCC1. The number of rotatable bonds is 6. The van der Waals surface area contributed by atoms with Crippen molar-refractivity contribution in [3.05, 3.63) is 65.2 Å². The molecule has 2 heterocycles.